The molecule has 1 unspecified atom stereocenters. The molecule has 0 fully saturated rings. The number of nitrogens with two attached hydrogens (primary N) is 1. The van der Waals surface area contributed by atoms with Crippen LogP contribution in [0.3, 0.4) is 0 Å². The first-order chi connectivity index (χ1) is 22.4. The van der Waals surface area contributed by atoms with Crippen LogP contribution in [0, 0.1) is 6.92 Å². The fourth-order valence-electron chi connectivity index (χ4n) is 5.12. The molecule has 5 aromatic carbocycles. The predicted octanol–water partition coefficient (Wildman–Crippen LogP) is 5.09. The van der Waals surface area contributed by atoms with Gasteiger partial charge in [0.25, 0.3) is 30.4 Å². The molecule has 13 nitrogen and oxygen atoms in total. The molecule has 1 atom stereocenters. The Morgan fingerprint density at radius 3 is 1.67 bits per heavy atom. The van der Waals surface area contributed by atoms with Crippen molar-refractivity contribution in [3.05, 3.63) is 131 Å². The van der Waals surface area contributed by atoms with Gasteiger partial charge in [0.1, 0.15) is 15.4 Å². The summed E-state index contributed by atoms with van der Waals surface area (Å²) >= 11 is 0. The monoisotopic (exact) mass is 711 g/mol. The van der Waals surface area contributed by atoms with Crippen molar-refractivity contribution in [1.29, 1.82) is 0 Å². The van der Waals surface area contributed by atoms with E-state index in [-0.39, 0.29) is 37.9 Å². The molecule has 0 aliphatic rings. The van der Waals surface area contributed by atoms with E-state index in [2.05, 4.69) is 10.6 Å². The van der Waals surface area contributed by atoms with Gasteiger partial charge in [-0.2, -0.15) is 25.3 Å². The van der Waals surface area contributed by atoms with E-state index in [1.807, 2.05) is 0 Å². The van der Waals surface area contributed by atoms with Crippen LogP contribution >= 0.6 is 0 Å². The molecule has 0 aromatic heterocycles. The second kappa shape index (κ2) is 12.7. The van der Waals surface area contributed by atoms with Gasteiger partial charge in [-0.1, -0.05) is 42.5 Å². The fourth-order valence-corrected chi connectivity index (χ4v) is 7.05. The third-order valence-electron chi connectivity index (χ3n) is 7.51. The average Bonchev–Trinajstić information content (AvgIpc) is 3.01. The van der Waals surface area contributed by atoms with Crippen LogP contribution in [0.1, 0.15) is 22.3 Å². The number of para-hydroxylation sites is 1. The van der Waals surface area contributed by atoms with Crippen LogP contribution in [0.15, 0.2) is 124 Å². The van der Waals surface area contributed by atoms with Crippen LogP contribution in [0.2, 0.25) is 0 Å². The van der Waals surface area contributed by atoms with E-state index in [4.69, 9.17) is 5.73 Å². The first-order valence-electron chi connectivity index (χ1n) is 13.9. The number of hydrogen-bond acceptors (Lipinski definition) is 10. The van der Waals surface area contributed by atoms with Crippen molar-refractivity contribution >= 4 is 58.8 Å². The minimum Gasteiger partial charge on any atom is -0.398 e. The molecule has 0 radical (unpaired) electrons. The van der Waals surface area contributed by atoms with Gasteiger partial charge in [-0.25, -0.2) is 0 Å². The highest BCUT2D eigenvalue weighted by molar-refractivity contribution is 7.86. The minimum absolute atomic E-state index is 0.0532. The number of hydrogen-bond donors (Lipinski definition) is 7. The summed E-state index contributed by atoms with van der Waals surface area (Å²) in [6, 6.07) is 25.5. The van der Waals surface area contributed by atoms with Crippen molar-refractivity contribution in [2.24, 2.45) is 0 Å². The molecule has 5 rings (SSSR count). The zero-order valence-electron chi connectivity index (χ0n) is 24.9. The standard InChI is InChI=1S/C32H29N3O10S3/c1-20-17-27(31(19-28(20)33)48(43,44)45)32(36,21-9-13-23(14-10-21)34-25-5-4-6-26(18-25)46(37,38)39)22-11-15-24(16-12-22)35-29-7-2-3-8-30(29)47(40,41)42/h2-19,34-36H,33H2,1H3,(H,37,38,39)(H,40,41,42)(H,43,44,45). The van der Waals surface area contributed by atoms with Crippen LogP contribution in [0.5, 0.6) is 0 Å². The van der Waals surface area contributed by atoms with Crippen molar-refractivity contribution in [3.63, 3.8) is 0 Å². The van der Waals surface area contributed by atoms with Crippen molar-refractivity contribution in [2.45, 2.75) is 27.2 Å². The Hall–Kier alpha value is -4.81. The Labute approximate surface area is 277 Å². The molecular formula is C32H29N3O10S3. The quantitative estimate of drug-likeness (QED) is 0.0569. The van der Waals surface area contributed by atoms with Gasteiger partial charge in [-0.3, -0.25) is 13.7 Å². The maximum atomic E-state index is 12.6. The highest BCUT2D eigenvalue weighted by Crippen LogP contribution is 2.42. The van der Waals surface area contributed by atoms with Crippen molar-refractivity contribution in [1.82, 2.24) is 0 Å². The molecular weight excluding hydrogens is 683 g/mol. The molecule has 0 spiro atoms. The van der Waals surface area contributed by atoms with Crippen molar-refractivity contribution in [2.75, 3.05) is 16.4 Å². The molecule has 0 amide bonds. The lowest BCUT2D eigenvalue weighted by Gasteiger charge is -2.32. The third-order valence-corrected chi connectivity index (χ3v) is 10.2. The van der Waals surface area contributed by atoms with Gasteiger partial charge in [0.05, 0.1) is 10.6 Å². The Bertz CT molecular complexity index is 2350. The summed E-state index contributed by atoms with van der Waals surface area (Å²) in [7, 11) is -13.9. The van der Waals surface area contributed by atoms with Crippen molar-refractivity contribution in [3.8, 4) is 0 Å². The van der Waals surface area contributed by atoms with Crippen LogP contribution < -0.4 is 16.4 Å². The number of nitrogens with one attached hydrogen (secondary N) is 2. The van der Waals surface area contributed by atoms with E-state index < -0.39 is 40.9 Å². The van der Waals surface area contributed by atoms with Gasteiger partial charge in [-0.05, 0) is 90.3 Å². The Morgan fingerprint density at radius 1 is 0.583 bits per heavy atom. The molecule has 0 heterocycles. The molecule has 0 saturated heterocycles. The molecule has 0 aliphatic carbocycles. The van der Waals surface area contributed by atoms with Gasteiger partial charge in [0.2, 0.25) is 0 Å². The van der Waals surface area contributed by atoms with E-state index in [0.717, 1.165) is 6.07 Å². The second-order valence-corrected chi connectivity index (χ2v) is 15.0. The topological polar surface area (TPSA) is 233 Å². The minimum atomic E-state index is -4.92. The fraction of sp³-hybridized carbons (Fsp3) is 0.0625. The largest absolute Gasteiger partial charge is 0.398 e. The highest BCUT2D eigenvalue weighted by atomic mass is 32.2. The Morgan fingerprint density at radius 2 is 1.12 bits per heavy atom. The zero-order valence-corrected chi connectivity index (χ0v) is 27.4. The predicted molar refractivity (Wildman–Crippen MR) is 179 cm³/mol. The van der Waals surface area contributed by atoms with Gasteiger partial charge in [0, 0.05) is 28.3 Å². The molecule has 0 bridgehead atoms. The first-order valence-corrected chi connectivity index (χ1v) is 18.2. The summed E-state index contributed by atoms with van der Waals surface area (Å²) in [5.74, 6) is 0. The first kappa shape index (κ1) is 34.5. The van der Waals surface area contributed by atoms with E-state index in [0.29, 0.717) is 22.6 Å². The summed E-state index contributed by atoms with van der Waals surface area (Å²) in [6.07, 6.45) is 0. The van der Waals surface area contributed by atoms with Crippen LogP contribution in [0.25, 0.3) is 0 Å². The molecule has 16 heteroatoms. The van der Waals surface area contributed by atoms with Crippen LogP contribution in [0.4, 0.5) is 28.4 Å². The number of aliphatic hydroxyl groups is 1. The normalized spacial score (nSPS) is 13.4. The summed E-state index contributed by atoms with van der Waals surface area (Å²) in [5, 5.41) is 18.5. The summed E-state index contributed by atoms with van der Waals surface area (Å²) in [4.78, 5) is -1.32. The third kappa shape index (κ3) is 7.19. The SMILES string of the molecule is Cc1cc(C(O)(c2ccc(Nc3cccc(S(=O)(=O)O)c3)cc2)c2ccc(Nc3ccccc3S(=O)(=O)O)cc2)c(S(=O)(=O)O)cc1N. The zero-order chi connectivity index (χ0) is 35.1. The molecule has 250 valence electrons. The molecule has 0 saturated carbocycles. The number of rotatable bonds is 10. The lowest BCUT2D eigenvalue weighted by molar-refractivity contribution is 0.122. The summed E-state index contributed by atoms with van der Waals surface area (Å²) in [6.45, 7) is 1.60. The second-order valence-electron chi connectivity index (χ2n) is 10.8. The molecule has 5 aromatic rings. The molecule has 0 aliphatic heterocycles. The van der Waals surface area contributed by atoms with Crippen molar-refractivity contribution < 1.29 is 44.0 Å². The van der Waals surface area contributed by atoms with E-state index in [1.54, 1.807) is 31.2 Å². The average molecular weight is 712 g/mol. The van der Waals surface area contributed by atoms with Gasteiger partial charge >= 0.3 is 0 Å². The maximum absolute atomic E-state index is 12.6. The Balaban J connectivity index is 1.61. The maximum Gasteiger partial charge on any atom is 0.296 e. The van der Waals surface area contributed by atoms with Gasteiger partial charge < -0.3 is 21.5 Å². The molecule has 8 N–H and O–H groups in total. The van der Waals surface area contributed by atoms with E-state index in [9.17, 15) is 44.0 Å². The summed E-state index contributed by atoms with van der Waals surface area (Å²) < 4.78 is 101. The number of aryl methyl sites for hydroxylation is 1. The van der Waals surface area contributed by atoms with E-state index >= 15 is 0 Å². The lowest BCUT2D eigenvalue weighted by Crippen LogP contribution is -2.31. The lowest BCUT2D eigenvalue weighted by atomic mass is 9.79. The highest BCUT2D eigenvalue weighted by Gasteiger charge is 2.39. The number of anilines is 5. The number of benzene rings is 5. The van der Waals surface area contributed by atoms with Crippen LogP contribution in [-0.4, -0.2) is 44.0 Å². The smallest absolute Gasteiger partial charge is 0.296 e. The number of nitrogen functional groups attached to an aromatic ring is 1. The van der Waals surface area contributed by atoms with Gasteiger partial charge in [0.15, 0.2) is 0 Å². The molecule has 48 heavy (non-hydrogen) atoms. The van der Waals surface area contributed by atoms with Gasteiger partial charge in [-0.15, -0.1) is 0 Å². The van der Waals surface area contributed by atoms with Crippen LogP contribution in [-0.2, 0) is 36.0 Å². The Kier molecular flexibility index (Phi) is 9.11. The summed E-state index contributed by atoms with van der Waals surface area (Å²) in [5.41, 5.74) is 5.52. The van der Waals surface area contributed by atoms with E-state index in [1.165, 1.54) is 78.9 Å².